The highest BCUT2D eigenvalue weighted by molar-refractivity contribution is 5.43. The van der Waals surface area contributed by atoms with Crippen molar-refractivity contribution in [2.24, 2.45) is 0 Å². The molecule has 0 aliphatic heterocycles. The molecule has 1 saturated carbocycles. The first-order valence-corrected chi connectivity index (χ1v) is 7.42. The van der Waals surface area contributed by atoms with Crippen molar-refractivity contribution in [3.05, 3.63) is 33.9 Å². The van der Waals surface area contributed by atoms with Gasteiger partial charge in [0, 0.05) is 36.9 Å². The van der Waals surface area contributed by atoms with E-state index in [9.17, 15) is 10.1 Å². The molecule has 1 N–H and O–H groups in total. The third kappa shape index (κ3) is 5.32. The zero-order valence-corrected chi connectivity index (χ0v) is 12.3. The predicted octanol–water partition coefficient (Wildman–Crippen LogP) is 2.65. The Morgan fingerprint density at radius 2 is 2.14 bits per heavy atom. The molecule has 1 fully saturated rings. The predicted molar refractivity (Wildman–Crippen MR) is 79.6 cm³/mol. The van der Waals surface area contributed by atoms with Crippen molar-refractivity contribution in [3.8, 4) is 5.75 Å². The number of rotatable bonds is 10. The van der Waals surface area contributed by atoms with Gasteiger partial charge in [0.25, 0.3) is 5.69 Å². The van der Waals surface area contributed by atoms with E-state index in [0.29, 0.717) is 31.5 Å². The molecule has 2 rings (SSSR count). The molecule has 0 bridgehead atoms. The summed E-state index contributed by atoms with van der Waals surface area (Å²) in [6, 6.07) is 5.27. The second-order valence-electron chi connectivity index (χ2n) is 5.17. The molecule has 0 heterocycles. The van der Waals surface area contributed by atoms with Crippen LogP contribution in [0.1, 0.15) is 31.7 Å². The van der Waals surface area contributed by atoms with E-state index < -0.39 is 0 Å². The quantitative estimate of drug-likeness (QED) is 0.408. The fourth-order valence-electron chi connectivity index (χ4n) is 1.96. The molecule has 1 aromatic rings. The molecule has 0 saturated heterocycles. The van der Waals surface area contributed by atoms with Crippen LogP contribution in [0.25, 0.3) is 0 Å². The number of nitrogens with one attached hydrogen (secondary N) is 1. The summed E-state index contributed by atoms with van der Waals surface area (Å²) in [6.07, 6.45) is 3.33. The highest BCUT2D eigenvalue weighted by Crippen LogP contribution is 2.26. The molecule has 1 aromatic carbocycles. The van der Waals surface area contributed by atoms with Gasteiger partial charge in [0.15, 0.2) is 0 Å². The first kappa shape index (κ1) is 15.7. The monoisotopic (exact) mass is 294 g/mol. The van der Waals surface area contributed by atoms with E-state index in [1.165, 1.54) is 18.9 Å². The third-order valence-electron chi connectivity index (χ3n) is 3.25. The van der Waals surface area contributed by atoms with Gasteiger partial charge in [-0.1, -0.05) is 6.92 Å². The van der Waals surface area contributed by atoms with E-state index in [0.717, 1.165) is 18.6 Å². The smallest absolute Gasteiger partial charge is 0.270 e. The standard InChI is InChI=1S/C15H22N2O4/c1-2-7-20-8-9-21-15-6-5-14(17(18)19)10-12(15)11-16-13-3-4-13/h5-6,10,13,16H,2-4,7-9,11H2,1H3. The molecule has 0 unspecified atom stereocenters. The van der Waals surface area contributed by atoms with Crippen LogP contribution in [-0.2, 0) is 11.3 Å². The minimum Gasteiger partial charge on any atom is -0.491 e. The van der Waals surface area contributed by atoms with Crippen LogP contribution in [0.3, 0.4) is 0 Å². The first-order valence-electron chi connectivity index (χ1n) is 7.42. The van der Waals surface area contributed by atoms with Gasteiger partial charge in [-0.15, -0.1) is 0 Å². The molecule has 0 atom stereocenters. The fourth-order valence-corrected chi connectivity index (χ4v) is 1.96. The average Bonchev–Trinajstić information content (AvgIpc) is 3.29. The van der Waals surface area contributed by atoms with E-state index in [1.54, 1.807) is 12.1 Å². The van der Waals surface area contributed by atoms with Crippen molar-refractivity contribution >= 4 is 5.69 Å². The Bertz CT molecular complexity index is 475. The highest BCUT2D eigenvalue weighted by Gasteiger charge is 2.21. The summed E-state index contributed by atoms with van der Waals surface area (Å²) < 4.78 is 11.0. The van der Waals surface area contributed by atoms with Crippen LogP contribution in [0.15, 0.2) is 18.2 Å². The third-order valence-corrected chi connectivity index (χ3v) is 3.25. The Kier molecular flexibility index (Phi) is 5.95. The summed E-state index contributed by atoms with van der Waals surface area (Å²) in [5.41, 5.74) is 0.920. The van der Waals surface area contributed by atoms with Crippen LogP contribution in [0.5, 0.6) is 5.75 Å². The topological polar surface area (TPSA) is 73.6 Å². The lowest BCUT2D eigenvalue weighted by Gasteiger charge is -2.12. The van der Waals surface area contributed by atoms with Crippen LogP contribution in [0.2, 0.25) is 0 Å². The Balaban J connectivity index is 1.94. The second-order valence-corrected chi connectivity index (χ2v) is 5.17. The van der Waals surface area contributed by atoms with Gasteiger partial charge in [0.1, 0.15) is 12.4 Å². The van der Waals surface area contributed by atoms with Crippen LogP contribution in [-0.4, -0.2) is 30.8 Å². The summed E-state index contributed by atoms with van der Waals surface area (Å²) in [6.45, 7) is 4.35. The van der Waals surface area contributed by atoms with E-state index >= 15 is 0 Å². The van der Waals surface area contributed by atoms with Crippen molar-refractivity contribution in [2.45, 2.75) is 38.8 Å². The maximum atomic E-state index is 10.9. The minimum absolute atomic E-state index is 0.0946. The Morgan fingerprint density at radius 1 is 1.33 bits per heavy atom. The lowest BCUT2D eigenvalue weighted by molar-refractivity contribution is -0.384. The summed E-state index contributed by atoms with van der Waals surface area (Å²) in [5, 5.41) is 14.2. The molecule has 6 heteroatoms. The number of benzene rings is 1. The SMILES string of the molecule is CCCOCCOc1ccc([N+](=O)[O-])cc1CNC1CC1. The van der Waals surface area contributed by atoms with Crippen LogP contribution in [0.4, 0.5) is 5.69 Å². The lowest BCUT2D eigenvalue weighted by Crippen LogP contribution is -2.17. The number of nitro benzene ring substituents is 1. The van der Waals surface area contributed by atoms with Gasteiger partial charge in [0.2, 0.25) is 0 Å². The average molecular weight is 294 g/mol. The summed E-state index contributed by atoms with van der Waals surface area (Å²) >= 11 is 0. The minimum atomic E-state index is -0.380. The van der Waals surface area contributed by atoms with E-state index in [1.807, 2.05) is 0 Å². The van der Waals surface area contributed by atoms with Gasteiger partial charge in [-0.05, 0) is 25.3 Å². The number of ether oxygens (including phenoxy) is 2. The van der Waals surface area contributed by atoms with Gasteiger partial charge in [0.05, 0.1) is 11.5 Å². The fraction of sp³-hybridized carbons (Fsp3) is 0.600. The molecule has 0 aromatic heterocycles. The Hall–Kier alpha value is -1.66. The van der Waals surface area contributed by atoms with Crippen LogP contribution < -0.4 is 10.1 Å². The van der Waals surface area contributed by atoms with Gasteiger partial charge in [-0.3, -0.25) is 10.1 Å². The second kappa shape index (κ2) is 7.95. The van der Waals surface area contributed by atoms with Crippen molar-refractivity contribution in [1.29, 1.82) is 0 Å². The molecular formula is C15H22N2O4. The van der Waals surface area contributed by atoms with Crippen LogP contribution in [0, 0.1) is 10.1 Å². The van der Waals surface area contributed by atoms with Crippen molar-refractivity contribution in [1.82, 2.24) is 5.32 Å². The largest absolute Gasteiger partial charge is 0.491 e. The lowest BCUT2D eigenvalue weighted by atomic mass is 10.1. The van der Waals surface area contributed by atoms with Gasteiger partial charge >= 0.3 is 0 Å². The van der Waals surface area contributed by atoms with Gasteiger partial charge < -0.3 is 14.8 Å². The molecule has 21 heavy (non-hydrogen) atoms. The number of hydrogen-bond donors (Lipinski definition) is 1. The Morgan fingerprint density at radius 3 is 2.81 bits per heavy atom. The Labute approximate surface area is 124 Å². The first-order chi connectivity index (χ1) is 10.2. The molecular weight excluding hydrogens is 272 g/mol. The normalized spacial score (nSPS) is 14.1. The van der Waals surface area contributed by atoms with E-state index in [-0.39, 0.29) is 10.6 Å². The number of nitrogens with zero attached hydrogens (tertiary/aromatic N) is 1. The molecule has 1 aliphatic rings. The summed E-state index contributed by atoms with van der Waals surface area (Å²) in [4.78, 5) is 10.5. The molecule has 1 aliphatic carbocycles. The number of hydrogen-bond acceptors (Lipinski definition) is 5. The molecule has 116 valence electrons. The van der Waals surface area contributed by atoms with Crippen molar-refractivity contribution < 1.29 is 14.4 Å². The molecule has 6 nitrogen and oxygen atoms in total. The van der Waals surface area contributed by atoms with Crippen LogP contribution >= 0.6 is 0 Å². The zero-order chi connectivity index (χ0) is 15.1. The molecule has 0 spiro atoms. The van der Waals surface area contributed by atoms with Gasteiger partial charge in [-0.2, -0.15) is 0 Å². The van der Waals surface area contributed by atoms with E-state index in [2.05, 4.69) is 12.2 Å². The molecule has 0 amide bonds. The van der Waals surface area contributed by atoms with E-state index in [4.69, 9.17) is 9.47 Å². The summed E-state index contributed by atoms with van der Waals surface area (Å²) in [5.74, 6) is 0.689. The zero-order valence-electron chi connectivity index (χ0n) is 12.3. The number of nitro groups is 1. The van der Waals surface area contributed by atoms with Crippen molar-refractivity contribution in [3.63, 3.8) is 0 Å². The molecule has 0 radical (unpaired) electrons. The maximum Gasteiger partial charge on any atom is 0.270 e. The maximum absolute atomic E-state index is 10.9. The highest BCUT2D eigenvalue weighted by atomic mass is 16.6. The summed E-state index contributed by atoms with van der Waals surface area (Å²) in [7, 11) is 0. The number of non-ortho nitro benzene ring substituents is 1. The van der Waals surface area contributed by atoms with Gasteiger partial charge in [-0.25, -0.2) is 0 Å². The van der Waals surface area contributed by atoms with Crippen molar-refractivity contribution in [2.75, 3.05) is 19.8 Å².